The second kappa shape index (κ2) is 5.21. The van der Waals surface area contributed by atoms with Crippen LogP contribution in [0.25, 0.3) is 0 Å². The van der Waals surface area contributed by atoms with E-state index in [0.717, 1.165) is 44.2 Å². The van der Waals surface area contributed by atoms with E-state index in [1.54, 1.807) is 0 Å². The van der Waals surface area contributed by atoms with E-state index in [2.05, 4.69) is 10.1 Å². The van der Waals surface area contributed by atoms with E-state index < -0.39 is 0 Å². The van der Waals surface area contributed by atoms with Crippen LogP contribution >= 0.6 is 0 Å². The third-order valence-corrected chi connectivity index (χ3v) is 3.04. The first-order valence-electron chi connectivity index (χ1n) is 6.16. The van der Waals surface area contributed by atoms with Crippen LogP contribution in [-0.4, -0.2) is 42.1 Å². The number of anilines is 1. The van der Waals surface area contributed by atoms with Crippen molar-refractivity contribution in [2.45, 2.75) is 26.7 Å². The Bertz CT molecular complexity index is 381. The smallest absolute Gasteiger partial charge is 0.222 e. The second-order valence-corrected chi connectivity index (χ2v) is 4.41. The van der Waals surface area contributed by atoms with Crippen LogP contribution in [0.1, 0.15) is 25.5 Å². The van der Waals surface area contributed by atoms with Gasteiger partial charge in [0.25, 0.3) is 0 Å². The van der Waals surface area contributed by atoms with Gasteiger partial charge in [-0.3, -0.25) is 4.79 Å². The van der Waals surface area contributed by atoms with Crippen molar-refractivity contribution in [3.05, 3.63) is 11.8 Å². The number of carbonyl (C=O) groups is 1. The fourth-order valence-electron chi connectivity index (χ4n) is 2.06. The molecule has 0 radical (unpaired) electrons. The van der Waals surface area contributed by atoms with Gasteiger partial charge in [-0.1, -0.05) is 12.1 Å². The molecule has 1 aromatic heterocycles. The molecule has 17 heavy (non-hydrogen) atoms. The molecule has 0 unspecified atom stereocenters. The van der Waals surface area contributed by atoms with Crippen molar-refractivity contribution < 1.29 is 9.32 Å². The lowest BCUT2D eigenvalue weighted by Gasteiger charge is -2.34. The lowest BCUT2D eigenvalue weighted by atomic mass is 10.2. The van der Waals surface area contributed by atoms with Gasteiger partial charge in [0.2, 0.25) is 5.91 Å². The molecule has 1 amide bonds. The number of hydrogen-bond donors (Lipinski definition) is 0. The van der Waals surface area contributed by atoms with Crippen LogP contribution in [0.2, 0.25) is 0 Å². The van der Waals surface area contributed by atoms with Gasteiger partial charge in [-0.05, 0) is 13.3 Å². The highest BCUT2D eigenvalue weighted by molar-refractivity contribution is 5.76. The van der Waals surface area contributed by atoms with Gasteiger partial charge in [-0.2, -0.15) is 0 Å². The van der Waals surface area contributed by atoms with Crippen LogP contribution in [0, 0.1) is 6.92 Å². The molecule has 5 nitrogen and oxygen atoms in total. The molecular formula is C12H19N3O2. The van der Waals surface area contributed by atoms with Crippen LogP contribution in [0.3, 0.4) is 0 Å². The molecule has 1 fully saturated rings. The van der Waals surface area contributed by atoms with Gasteiger partial charge in [0.15, 0.2) is 5.82 Å². The van der Waals surface area contributed by atoms with Gasteiger partial charge in [-0.15, -0.1) is 0 Å². The van der Waals surface area contributed by atoms with Gasteiger partial charge in [0.1, 0.15) is 5.76 Å². The zero-order chi connectivity index (χ0) is 12.3. The number of piperazine rings is 1. The average molecular weight is 237 g/mol. The SMILES string of the molecule is CCCC(=O)N1CCN(c2cc(C)on2)CC1. The Morgan fingerprint density at radius 2 is 2.12 bits per heavy atom. The minimum absolute atomic E-state index is 0.267. The number of amides is 1. The van der Waals surface area contributed by atoms with Crippen molar-refractivity contribution in [1.29, 1.82) is 0 Å². The molecule has 1 aliphatic heterocycles. The first kappa shape index (κ1) is 12.0. The molecule has 1 saturated heterocycles. The summed E-state index contributed by atoms with van der Waals surface area (Å²) in [6, 6.07) is 1.93. The molecule has 1 aromatic rings. The Labute approximate surface area is 101 Å². The number of carbonyl (C=O) groups excluding carboxylic acids is 1. The number of nitrogens with zero attached hydrogens (tertiary/aromatic N) is 3. The molecule has 94 valence electrons. The fraction of sp³-hybridized carbons (Fsp3) is 0.667. The number of rotatable bonds is 3. The van der Waals surface area contributed by atoms with Crippen molar-refractivity contribution in [1.82, 2.24) is 10.1 Å². The Balaban J connectivity index is 1.88. The van der Waals surface area contributed by atoms with E-state index in [0.29, 0.717) is 6.42 Å². The van der Waals surface area contributed by atoms with Gasteiger partial charge < -0.3 is 14.3 Å². The molecule has 0 N–H and O–H groups in total. The van der Waals surface area contributed by atoms with E-state index in [9.17, 15) is 4.79 Å². The van der Waals surface area contributed by atoms with E-state index in [1.165, 1.54) is 0 Å². The van der Waals surface area contributed by atoms with Gasteiger partial charge in [-0.25, -0.2) is 0 Å². The molecule has 0 aliphatic carbocycles. The van der Waals surface area contributed by atoms with Crippen molar-refractivity contribution in [3.8, 4) is 0 Å². The number of hydrogen-bond acceptors (Lipinski definition) is 4. The summed E-state index contributed by atoms with van der Waals surface area (Å²) in [6.07, 6.45) is 1.57. The first-order valence-corrected chi connectivity index (χ1v) is 6.16. The average Bonchev–Trinajstić information content (AvgIpc) is 2.76. The zero-order valence-electron chi connectivity index (χ0n) is 10.5. The van der Waals surface area contributed by atoms with E-state index in [1.807, 2.05) is 24.8 Å². The summed E-state index contributed by atoms with van der Waals surface area (Å²) in [7, 11) is 0. The Kier molecular flexibility index (Phi) is 3.66. The summed E-state index contributed by atoms with van der Waals surface area (Å²) < 4.78 is 5.06. The highest BCUT2D eigenvalue weighted by Crippen LogP contribution is 2.16. The molecule has 2 heterocycles. The molecule has 0 saturated carbocycles. The minimum atomic E-state index is 0.267. The normalized spacial score (nSPS) is 16.4. The summed E-state index contributed by atoms with van der Waals surface area (Å²) in [4.78, 5) is 15.8. The molecular weight excluding hydrogens is 218 g/mol. The monoisotopic (exact) mass is 237 g/mol. The summed E-state index contributed by atoms with van der Waals surface area (Å²) in [6.45, 7) is 7.15. The zero-order valence-corrected chi connectivity index (χ0v) is 10.5. The highest BCUT2D eigenvalue weighted by Gasteiger charge is 2.21. The summed E-state index contributed by atoms with van der Waals surface area (Å²) in [5, 5.41) is 3.99. The van der Waals surface area contributed by atoms with Crippen LogP contribution in [0.15, 0.2) is 10.6 Å². The Morgan fingerprint density at radius 1 is 1.41 bits per heavy atom. The molecule has 0 spiro atoms. The number of aryl methyl sites for hydroxylation is 1. The second-order valence-electron chi connectivity index (χ2n) is 4.41. The third kappa shape index (κ3) is 2.78. The van der Waals surface area contributed by atoms with Crippen LogP contribution in [0.4, 0.5) is 5.82 Å². The largest absolute Gasteiger partial charge is 0.360 e. The standard InChI is InChI=1S/C12H19N3O2/c1-3-4-12(16)15-7-5-14(6-8-15)11-9-10(2)17-13-11/h9H,3-8H2,1-2H3. The lowest BCUT2D eigenvalue weighted by Crippen LogP contribution is -2.48. The molecule has 0 bridgehead atoms. The van der Waals surface area contributed by atoms with E-state index >= 15 is 0 Å². The van der Waals surface area contributed by atoms with E-state index in [-0.39, 0.29) is 5.91 Å². The number of aromatic nitrogens is 1. The highest BCUT2D eigenvalue weighted by atomic mass is 16.5. The van der Waals surface area contributed by atoms with E-state index in [4.69, 9.17) is 4.52 Å². The minimum Gasteiger partial charge on any atom is -0.360 e. The van der Waals surface area contributed by atoms with Gasteiger partial charge >= 0.3 is 0 Å². The van der Waals surface area contributed by atoms with Gasteiger partial charge in [0.05, 0.1) is 0 Å². The molecule has 2 rings (SSSR count). The maximum Gasteiger partial charge on any atom is 0.222 e. The van der Waals surface area contributed by atoms with Crippen molar-refractivity contribution in [3.63, 3.8) is 0 Å². The quantitative estimate of drug-likeness (QED) is 0.798. The van der Waals surface area contributed by atoms with Crippen LogP contribution in [-0.2, 0) is 4.79 Å². The van der Waals surface area contributed by atoms with Crippen molar-refractivity contribution in [2.24, 2.45) is 0 Å². The summed E-state index contributed by atoms with van der Waals surface area (Å²) in [5.74, 6) is 1.97. The predicted molar refractivity (Wildman–Crippen MR) is 64.9 cm³/mol. The summed E-state index contributed by atoms with van der Waals surface area (Å²) >= 11 is 0. The molecule has 1 aliphatic rings. The van der Waals surface area contributed by atoms with Crippen molar-refractivity contribution in [2.75, 3.05) is 31.1 Å². The topological polar surface area (TPSA) is 49.6 Å². The van der Waals surface area contributed by atoms with Crippen LogP contribution < -0.4 is 4.90 Å². The van der Waals surface area contributed by atoms with Crippen LogP contribution in [0.5, 0.6) is 0 Å². The maximum atomic E-state index is 11.7. The summed E-state index contributed by atoms with van der Waals surface area (Å²) in [5.41, 5.74) is 0. The lowest BCUT2D eigenvalue weighted by molar-refractivity contribution is -0.131. The molecule has 5 heteroatoms. The molecule has 0 atom stereocenters. The maximum absolute atomic E-state index is 11.7. The fourth-order valence-corrected chi connectivity index (χ4v) is 2.06. The molecule has 0 aromatic carbocycles. The third-order valence-electron chi connectivity index (χ3n) is 3.04. The first-order chi connectivity index (χ1) is 8.20. The van der Waals surface area contributed by atoms with Gasteiger partial charge in [0, 0.05) is 38.7 Å². The Hall–Kier alpha value is -1.52. The Morgan fingerprint density at radius 3 is 2.65 bits per heavy atom. The van der Waals surface area contributed by atoms with Crippen molar-refractivity contribution >= 4 is 11.7 Å². The predicted octanol–water partition coefficient (Wildman–Crippen LogP) is 1.43.